The molecule has 0 aromatic carbocycles. The van der Waals surface area contributed by atoms with Crippen molar-refractivity contribution >= 4 is 5.78 Å². The van der Waals surface area contributed by atoms with E-state index in [4.69, 9.17) is 9.84 Å². The number of hydrogen-bond donors (Lipinski definition) is 1. The standard InChI is InChI=1S/C10H19NO3/c1-14-8-10(13)7-11(5-6-12)9-3-2-4-9/h9,12H,2-8H2,1H3. The van der Waals surface area contributed by atoms with E-state index in [1.807, 2.05) is 0 Å². The Hall–Kier alpha value is -0.450. The van der Waals surface area contributed by atoms with Crippen LogP contribution in [-0.2, 0) is 9.53 Å². The fourth-order valence-electron chi connectivity index (χ4n) is 1.70. The predicted octanol–water partition coefficient (Wildman–Crippen LogP) is 0.0487. The first-order valence-electron chi connectivity index (χ1n) is 5.13. The maximum absolute atomic E-state index is 11.3. The lowest BCUT2D eigenvalue weighted by atomic mass is 9.91. The summed E-state index contributed by atoms with van der Waals surface area (Å²) < 4.78 is 4.78. The molecule has 0 aliphatic heterocycles. The molecule has 0 aromatic rings. The van der Waals surface area contributed by atoms with E-state index in [-0.39, 0.29) is 19.0 Å². The van der Waals surface area contributed by atoms with Crippen molar-refractivity contribution in [3.63, 3.8) is 0 Å². The van der Waals surface area contributed by atoms with Crippen molar-refractivity contribution in [3.8, 4) is 0 Å². The number of methoxy groups -OCH3 is 1. The van der Waals surface area contributed by atoms with Crippen LogP contribution in [0.15, 0.2) is 0 Å². The molecular weight excluding hydrogens is 182 g/mol. The summed E-state index contributed by atoms with van der Waals surface area (Å²) in [7, 11) is 1.53. The number of carbonyl (C=O) groups is 1. The smallest absolute Gasteiger partial charge is 0.172 e. The van der Waals surface area contributed by atoms with Gasteiger partial charge in [0.25, 0.3) is 0 Å². The van der Waals surface area contributed by atoms with Gasteiger partial charge in [0.1, 0.15) is 6.61 Å². The van der Waals surface area contributed by atoms with Gasteiger partial charge in [-0.15, -0.1) is 0 Å². The van der Waals surface area contributed by atoms with E-state index in [0.717, 1.165) is 12.8 Å². The number of carbonyl (C=O) groups excluding carboxylic acids is 1. The van der Waals surface area contributed by atoms with Gasteiger partial charge in [-0.25, -0.2) is 0 Å². The second-order valence-electron chi connectivity index (χ2n) is 3.75. The Labute approximate surface area is 84.8 Å². The van der Waals surface area contributed by atoms with Crippen LogP contribution >= 0.6 is 0 Å². The van der Waals surface area contributed by atoms with E-state index in [2.05, 4.69) is 4.90 Å². The second kappa shape index (κ2) is 6.11. The van der Waals surface area contributed by atoms with Crippen LogP contribution in [0.2, 0.25) is 0 Å². The summed E-state index contributed by atoms with van der Waals surface area (Å²) in [6.45, 7) is 1.31. The maximum atomic E-state index is 11.3. The third kappa shape index (κ3) is 3.36. The van der Waals surface area contributed by atoms with Crippen LogP contribution in [0, 0.1) is 0 Å². The third-order valence-electron chi connectivity index (χ3n) is 2.66. The first-order chi connectivity index (χ1) is 6.77. The quantitative estimate of drug-likeness (QED) is 0.632. The van der Waals surface area contributed by atoms with Crippen LogP contribution in [-0.4, -0.2) is 55.2 Å². The zero-order valence-electron chi connectivity index (χ0n) is 8.74. The Kier molecular flexibility index (Phi) is 5.07. The minimum absolute atomic E-state index is 0.0906. The van der Waals surface area contributed by atoms with E-state index in [1.165, 1.54) is 13.5 Å². The lowest BCUT2D eigenvalue weighted by Crippen LogP contribution is -2.45. The Morgan fingerprint density at radius 2 is 2.29 bits per heavy atom. The van der Waals surface area contributed by atoms with E-state index < -0.39 is 0 Å². The van der Waals surface area contributed by atoms with E-state index in [0.29, 0.717) is 19.1 Å². The van der Waals surface area contributed by atoms with Gasteiger partial charge < -0.3 is 9.84 Å². The molecule has 0 heterocycles. The fraction of sp³-hybridized carbons (Fsp3) is 0.900. The van der Waals surface area contributed by atoms with Crippen LogP contribution in [0.1, 0.15) is 19.3 Å². The third-order valence-corrected chi connectivity index (χ3v) is 2.66. The molecule has 1 aliphatic rings. The van der Waals surface area contributed by atoms with Crippen LogP contribution in [0.25, 0.3) is 0 Å². The van der Waals surface area contributed by atoms with Crippen molar-refractivity contribution in [1.82, 2.24) is 4.90 Å². The largest absolute Gasteiger partial charge is 0.395 e. The van der Waals surface area contributed by atoms with Gasteiger partial charge in [-0.3, -0.25) is 9.69 Å². The topological polar surface area (TPSA) is 49.8 Å². The number of hydrogen-bond acceptors (Lipinski definition) is 4. The minimum Gasteiger partial charge on any atom is -0.395 e. The van der Waals surface area contributed by atoms with Crippen molar-refractivity contribution in [2.24, 2.45) is 0 Å². The zero-order chi connectivity index (χ0) is 10.4. The minimum atomic E-state index is 0.0906. The highest BCUT2D eigenvalue weighted by molar-refractivity contribution is 5.81. The summed E-state index contributed by atoms with van der Waals surface area (Å²) in [5, 5.41) is 8.86. The molecule has 82 valence electrons. The number of rotatable bonds is 7. The molecule has 0 saturated heterocycles. The summed E-state index contributed by atoms with van der Waals surface area (Å²) in [5.74, 6) is 0.0906. The average Bonchev–Trinajstić information content (AvgIpc) is 2.01. The monoisotopic (exact) mass is 201 g/mol. The lowest BCUT2D eigenvalue weighted by molar-refractivity contribution is -0.124. The number of nitrogens with zero attached hydrogens (tertiary/aromatic N) is 1. The van der Waals surface area contributed by atoms with Crippen LogP contribution in [0.3, 0.4) is 0 Å². The van der Waals surface area contributed by atoms with Gasteiger partial charge in [-0.2, -0.15) is 0 Å². The van der Waals surface area contributed by atoms with Crippen molar-refractivity contribution in [1.29, 1.82) is 0 Å². The van der Waals surface area contributed by atoms with Gasteiger partial charge in [0, 0.05) is 19.7 Å². The molecule has 0 aromatic heterocycles. The first kappa shape index (κ1) is 11.6. The molecule has 0 atom stereocenters. The van der Waals surface area contributed by atoms with Crippen molar-refractivity contribution in [2.45, 2.75) is 25.3 Å². The molecule has 1 aliphatic carbocycles. The Balaban J connectivity index is 2.30. The molecule has 0 spiro atoms. The van der Waals surface area contributed by atoms with Gasteiger partial charge in [-0.05, 0) is 12.8 Å². The van der Waals surface area contributed by atoms with E-state index >= 15 is 0 Å². The summed E-state index contributed by atoms with van der Waals surface area (Å²) in [4.78, 5) is 13.4. The molecule has 1 fully saturated rings. The van der Waals surface area contributed by atoms with E-state index in [9.17, 15) is 4.79 Å². The molecule has 1 N–H and O–H groups in total. The van der Waals surface area contributed by atoms with E-state index in [1.54, 1.807) is 0 Å². The summed E-state index contributed by atoms with van der Waals surface area (Å²) in [5.41, 5.74) is 0. The first-order valence-corrected chi connectivity index (χ1v) is 5.13. The SMILES string of the molecule is COCC(=O)CN(CCO)C1CCC1. The zero-order valence-corrected chi connectivity index (χ0v) is 8.74. The molecule has 1 rings (SSSR count). The Morgan fingerprint density at radius 3 is 2.71 bits per heavy atom. The average molecular weight is 201 g/mol. The van der Waals surface area contributed by atoms with Crippen molar-refractivity contribution in [2.75, 3.05) is 33.4 Å². The molecular formula is C10H19NO3. The van der Waals surface area contributed by atoms with Gasteiger partial charge >= 0.3 is 0 Å². The highest BCUT2D eigenvalue weighted by Gasteiger charge is 2.25. The van der Waals surface area contributed by atoms with Crippen molar-refractivity contribution < 1.29 is 14.6 Å². The second-order valence-corrected chi connectivity index (χ2v) is 3.75. The summed E-state index contributed by atoms with van der Waals surface area (Å²) in [6.07, 6.45) is 3.55. The number of aliphatic hydroxyl groups excluding tert-OH is 1. The van der Waals surface area contributed by atoms with Gasteiger partial charge in [0.05, 0.1) is 13.2 Å². The lowest BCUT2D eigenvalue weighted by Gasteiger charge is -2.36. The highest BCUT2D eigenvalue weighted by atomic mass is 16.5. The Morgan fingerprint density at radius 1 is 1.57 bits per heavy atom. The highest BCUT2D eigenvalue weighted by Crippen LogP contribution is 2.24. The summed E-state index contributed by atoms with van der Waals surface area (Å²) >= 11 is 0. The maximum Gasteiger partial charge on any atom is 0.172 e. The summed E-state index contributed by atoms with van der Waals surface area (Å²) in [6, 6.07) is 0.503. The van der Waals surface area contributed by atoms with Crippen LogP contribution in [0.5, 0.6) is 0 Å². The number of Topliss-reactive ketones (excluding diaryl/α,β-unsaturated/α-hetero) is 1. The molecule has 0 radical (unpaired) electrons. The molecule has 0 amide bonds. The number of ketones is 1. The Bertz CT molecular complexity index is 180. The molecule has 4 heteroatoms. The number of ether oxygens (including phenoxy) is 1. The molecule has 1 saturated carbocycles. The molecule has 0 unspecified atom stereocenters. The predicted molar refractivity (Wildman–Crippen MR) is 53.2 cm³/mol. The van der Waals surface area contributed by atoms with Crippen molar-refractivity contribution in [3.05, 3.63) is 0 Å². The van der Waals surface area contributed by atoms with Gasteiger partial charge in [-0.1, -0.05) is 6.42 Å². The number of aliphatic hydroxyl groups is 1. The normalized spacial score (nSPS) is 17.1. The van der Waals surface area contributed by atoms with Crippen LogP contribution in [0.4, 0.5) is 0 Å². The van der Waals surface area contributed by atoms with Gasteiger partial charge in [0.2, 0.25) is 0 Å². The fourth-order valence-corrected chi connectivity index (χ4v) is 1.70. The van der Waals surface area contributed by atoms with Crippen LogP contribution < -0.4 is 0 Å². The molecule has 0 bridgehead atoms. The molecule has 4 nitrogen and oxygen atoms in total. The van der Waals surface area contributed by atoms with Gasteiger partial charge in [0.15, 0.2) is 5.78 Å². The molecule has 14 heavy (non-hydrogen) atoms.